The average Bonchev–Trinajstić information content (AvgIpc) is 2.16. The fourth-order valence-electron chi connectivity index (χ4n) is 1.17. The minimum absolute atomic E-state index is 0.00167. The number of hydrogen-bond donors (Lipinski definition) is 0. The SMILES string of the molecule is COC1(OC)C=CC(=O)C(I)[C@@H]1I. The van der Waals surface area contributed by atoms with Gasteiger partial charge in [0.25, 0.3) is 0 Å². The first-order chi connectivity index (χ1) is 6.07. The zero-order valence-corrected chi connectivity index (χ0v) is 11.6. The van der Waals surface area contributed by atoms with Crippen LogP contribution in [-0.2, 0) is 14.3 Å². The van der Waals surface area contributed by atoms with Crippen molar-refractivity contribution in [2.45, 2.75) is 13.6 Å². The summed E-state index contributed by atoms with van der Waals surface area (Å²) in [6.45, 7) is 0. The largest absolute Gasteiger partial charge is 0.349 e. The zero-order valence-electron chi connectivity index (χ0n) is 7.29. The smallest absolute Gasteiger partial charge is 0.201 e. The molecule has 1 unspecified atom stereocenters. The summed E-state index contributed by atoms with van der Waals surface area (Å²) in [7, 11) is 3.16. The Bertz CT molecular complexity index is 236. The Hall–Kier alpha value is 0.790. The molecule has 2 atom stereocenters. The molecule has 1 aliphatic carbocycles. The van der Waals surface area contributed by atoms with E-state index in [0.717, 1.165) is 0 Å². The van der Waals surface area contributed by atoms with Gasteiger partial charge in [0.1, 0.15) is 0 Å². The molecule has 0 fully saturated rings. The molecule has 0 aliphatic heterocycles. The van der Waals surface area contributed by atoms with Crippen molar-refractivity contribution >= 4 is 51.0 Å². The number of allylic oxidation sites excluding steroid dienone is 1. The summed E-state index contributed by atoms with van der Waals surface area (Å²) in [5.41, 5.74) is 0. The van der Waals surface area contributed by atoms with Gasteiger partial charge in [0.15, 0.2) is 5.78 Å². The maximum Gasteiger partial charge on any atom is 0.201 e. The molecule has 0 amide bonds. The molecule has 0 radical (unpaired) electrons. The molecule has 74 valence electrons. The van der Waals surface area contributed by atoms with E-state index >= 15 is 0 Å². The van der Waals surface area contributed by atoms with Crippen LogP contribution in [-0.4, -0.2) is 33.6 Å². The predicted molar refractivity (Wildman–Crippen MR) is 66.5 cm³/mol. The second-order valence-corrected chi connectivity index (χ2v) is 5.35. The summed E-state index contributed by atoms with van der Waals surface area (Å²) >= 11 is 4.30. The van der Waals surface area contributed by atoms with E-state index in [1.54, 1.807) is 20.3 Å². The van der Waals surface area contributed by atoms with Gasteiger partial charge < -0.3 is 9.47 Å². The van der Waals surface area contributed by atoms with Crippen LogP contribution in [0.5, 0.6) is 0 Å². The van der Waals surface area contributed by atoms with Gasteiger partial charge in [-0.3, -0.25) is 4.79 Å². The van der Waals surface area contributed by atoms with Crippen molar-refractivity contribution in [3.63, 3.8) is 0 Å². The van der Waals surface area contributed by atoms with Crippen molar-refractivity contribution in [3.05, 3.63) is 12.2 Å². The highest BCUT2D eigenvalue weighted by atomic mass is 127. The van der Waals surface area contributed by atoms with Crippen LogP contribution in [0, 0.1) is 0 Å². The number of carbonyl (C=O) groups excluding carboxylic acids is 1. The van der Waals surface area contributed by atoms with E-state index < -0.39 is 5.79 Å². The maximum atomic E-state index is 11.3. The number of alkyl halides is 2. The molecule has 0 aromatic heterocycles. The molecule has 0 bridgehead atoms. The second kappa shape index (κ2) is 4.54. The summed E-state index contributed by atoms with van der Waals surface area (Å²) in [5.74, 6) is -0.634. The molecule has 5 heteroatoms. The van der Waals surface area contributed by atoms with Crippen LogP contribution in [0.15, 0.2) is 12.2 Å². The summed E-state index contributed by atoms with van der Waals surface area (Å²) in [5, 5.41) is 0. The third kappa shape index (κ3) is 2.07. The number of hydrogen-bond acceptors (Lipinski definition) is 3. The van der Waals surface area contributed by atoms with Gasteiger partial charge in [0.2, 0.25) is 5.79 Å². The molecular formula is C8H10I2O3. The fourth-order valence-corrected chi connectivity index (χ4v) is 2.95. The minimum Gasteiger partial charge on any atom is -0.349 e. The lowest BCUT2D eigenvalue weighted by Gasteiger charge is -2.36. The lowest BCUT2D eigenvalue weighted by molar-refractivity contribution is -0.169. The van der Waals surface area contributed by atoms with Crippen LogP contribution < -0.4 is 0 Å². The Balaban J connectivity index is 3.00. The van der Waals surface area contributed by atoms with Gasteiger partial charge in [-0.05, 0) is 12.2 Å². The average molecular weight is 408 g/mol. The van der Waals surface area contributed by atoms with Gasteiger partial charge in [-0.1, -0.05) is 45.2 Å². The normalized spacial score (nSPS) is 32.2. The number of halogens is 2. The fraction of sp³-hybridized carbons (Fsp3) is 0.625. The van der Waals surface area contributed by atoms with E-state index in [1.165, 1.54) is 6.08 Å². The van der Waals surface area contributed by atoms with Crippen molar-refractivity contribution < 1.29 is 14.3 Å². The Morgan fingerprint density at radius 3 is 2.38 bits per heavy atom. The molecule has 3 nitrogen and oxygen atoms in total. The Labute approximate surface area is 105 Å². The maximum absolute atomic E-state index is 11.3. The lowest BCUT2D eigenvalue weighted by Crippen LogP contribution is -2.49. The molecule has 1 aliphatic rings. The topological polar surface area (TPSA) is 35.5 Å². The number of ether oxygens (including phenoxy) is 2. The summed E-state index contributed by atoms with van der Waals surface area (Å²) in [4.78, 5) is 11.3. The van der Waals surface area contributed by atoms with Crippen LogP contribution in [0.4, 0.5) is 0 Å². The third-order valence-corrected chi connectivity index (χ3v) is 6.33. The monoisotopic (exact) mass is 408 g/mol. The van der Waals surface area contributed by atoms with Crippen LogP contribution in [0.2, 0.25) is 0 Å². The Kier molecular flexibility index (Phi) is 4.14. The quantitative estimate of drug-likeness (QED) is 0.397. The van der Waals surface area contributed by atoms with Gasteiger partial charge in [0, 0.05) is 14.2 Å². The molecule has 0 saturated carbocycles. The van der Waals surface area contributed by atoms with E-state index in [4.69, 9.17) is 9.47 Å². The second-order valence-electron chi connectivity index (χ2n) is 2.67. The standard InChI is InChI=1S/C8H10I2O3/c1-12-8(13-2)4-3-5(11)6(9)7(8)10/h3-4,6-7H,1-2H3/t6?,7-/m0/s1. The van der Waals surface area contributed by atoms with Gasteiger partial charge in [0.05, 0.1) is 7.85 Å². The highest BCUT2D eigenvalue weighted by Gasteiger charge is 2.44. The molecule has 13 heavy (non-hydrogen) atoms. The molecule has 0 heterocycles. The molecule has 0 aromatic rings. The van der Waals surface area contributed by atoms with Gasteiger partial charge in [-0.15, -0.1) is 0 Å². The molecule has 0 spiro atoms. The Morgan fingerprint density at radius 1 is 1.38 bits per heavy atom. The van der Waals surface area contributed by atoms with Crippen molar-refractivity contribution in [1.82, 2.24) is 0 Å². The summed E-state index contributed by atoms with van der Waals surface area (Å²) < 4.78 is 10.5. The van der Waals surface area contributed by atoms with E-state index in [9.17, 15) is 4.79 Å². The molecule has 1 rings (SSSR count). The zero-order chi connectivity index (χ0) is 10.1. The van der Waals surface area contributed by atoms with E-state index in [-0.39, 0.29) is 13.6 Å². The first kappa shape index (κ1) is 11.9. The first-order valence-corrected chi connectivity index (χ1v) is 6.18. The van der Waals surface area contributed by atoms with Crippen molar-refractivity contribution in [3.8, 4) is 0 Å². The molecule has 0 aromatic carbocycles. The molecule has 0 N–H and O–H groups in total. The lowest BCUT2D eigenvalue weighted by atomic mass is 10.0. The number of carbonyl (C=O) groups is 1. The Morgan fingerprint density at radius 2 is 1.92 bits per heavy atom. The third-order valence-electron chi connectivity index (χ3n) is 2.03. The summed E-state index contributed by atoms with van der Waals surface area (Å²) in [6, 6.07) is 0. The highest BCUT2D eigenvalue weighted by Crippen LogP contribution is 2.35. The van der Waals surface area contributed by atoms with Crippen molar-refractivity contribution in [2.75, 3.05) is 14.2 Å². The van der Waals surface area contributed by atoms with Crippen LogP contribution in [0.3, 0.4) is 0 Å². The van der Waals surface area contributed by atoms with Crippen molar-refractivity contribution in [2.24, 2.45) is 0 Å². The molecule has 0 saturated heterocycles. The van der Waals surface area contributed by atoms with Gasteiger partial charge in [-0.25, -0.2) is 0 Å². The van der Waals surface area contributed by atoms with Gasteiger partial charge >= 0.3 is 0 Å². The first-order valence-electron chi connectivity index (χ1n) is 3.69. The van der Waals surface area contributed by atoms with E-state index in [0.29, 0.717) is 0 Å². The van der Waals surface area contributed by atoms with E-state index in [1.807, 2.05) is 0 Å². The highest BCUT2D eigenvalue weighted by molar-refractivity contribution is 14.1. The minimum atomic E-state index is -0.750. The van der Waals surface area contributed by atoms with Crippen LogP contribution in [0.25, 0.3) is 0 Å². The van der Waals surface area contributed by atoms with E-state index in [2.05, 4.69) is 45.2 Å². The number of rotatable bonds is 2. The van der Waals surface area contributed by atoms with Crippen LogP contribution >= 0.6 is 45.2 Å². The number of methoxy groups -OCH3 is 2. The van der Waals surface area contributed by atoms with Crippen molar-refractivity contribution in [1.29, 1.82) is 0 Å². The molecular weight excluding hydrogens is 398 g/mol. The summed E-state index contributed by atoms with van der Waals surface area (Å²) in [6.07, 6.45) is 3.21. The van der Waals surface area contributed by atoms with Crippen LogP contribution in [0.1, 0.15) is 0 Å². The predicted octanol–water partition coefficient (Wildman–Crippen LogP) is 1.72. The number of ketones is 1. The van der Waals surface area contributed by atoms with Gasteiger partial charge in [-0.2, -0.15) is 0 Å².